The Bertz CT molecular complexity index is 241. The Kier molecular flexibility index (Phi) is 2.53. The van der Waals surface area contributed by atoms with Crippen molar-refractivity contribution in [3.8, 4) is 0 Å². The lowest BCUT2D eigenvalue weighted by Crippen LogP contribution is -1.98. The normalized spacial score (nSPS) is 9.73. The zero-order chi connectivity index (χ0) is 8.27. The number of aryl methyl sites for hydroxylation is 2. The molecule has 0 aliphatic carbocycles. The van der Waals surface area contributed by atoms with Gasteiger partial charge in [-0.2, -0.15) is 0 Å². The first kappa shape index (κ1) is 8.12. The summed E-state index contributed by atoms with van der Waals surface area (Å²) in [5.41, 5.74) is 3.89. The van der Waals surface area contributed by atoms with E-state index < -0.39 is 0 Å². The Morgan fingerprint density at radius 1 is 1.27 bits per heavy atom. The molecule has 0 aliphatic rings. The van der Waals surface area contributed by atoms with Crippen LogP contribution in [-0.4, -0.2) is 6.54 Å². The molecule has 0 atom stereocenters. The van der Waals surface area contributed by atoms with Crippen LogP contribution in [0.3, 0.4) is 0 Å². The molecule has 1 nitrogen and oxygen atoms in total. The number of rotatable bonds is 2. The summed E-state index contributed by atoms with van der Waals surface area (Å²) in [5, 5.41) is 3.32. The minimum absolute atomic E-state index is 0.990. The standard InChI is InChI=1S/C10H15N/c1-4-11-10-7-8(2)5-6-9(10)3/h5-7,11H,4H2,1-3H3. The smallest absolute Gasteiger partial charge is 0.0372 e. The lowest BCUT2D eigenvalue weighted by molar-refractivity contribution is 1.19. The number of hydrogen-bond acceptors (Lipinski definition) is 1. The van der Waals surface area contributed by atoms with Crippen LogP contribution in [0.2, 0.25) is 0 Å². The maximum atomic E-state index is 3.32. The topological polar surface area (TPSA) is 12.0 Å². The van der Waals surface area contributed by atoms with Gasteiger partial charge < -0.3 is 5.32 Å². The molecular weight excluding hydrogens is 134 g/mol. The molecule has 1 aromatic carbocycles. The highest BCUT2D eigenvalue weighted by Gasteiger charge is 1.94. The minimum atomic E-state index is 0.990. The van der Waals surface area contributed by atoms with Gasteiger partial charge in [-0.3, -0.25) is 0 Å². The summed E-state index contributed by atoms with van der Waals surface area (Å²) >= 11 is 0. The van der Waals surface area contributed by atoms with Crippen molar-refractivity contribution in [3.63, 3.8) is 0 Å². The summed E-state index contributed by atoms with van der Waals surface area (Å²) in [5.74, 6) is 0. The molecular formula is C10H15N. The van der Waals surface area contributed by atoms with Gasteiger partial charge in [-0.25, -0.2) is 0 Å². The first-order chi connectivity index (χ1) is 5.24. The van der Waals surface area contributed by atoms with Gasteiger partial charge in [-0.15, -0.1) is 0 Å². The van der Waals surface area contributed by atoms with Crippen LogP contribution in [0.4, 0.5) is 5.69 Å². The maximum Gasteiger partial charge on any atom is 0.0372 e. The molecule has 0 heterocycles. The second-order valence-corrected chi connectivity index (χ2v) is 2.85. The highest BCUT2D eigenvalue weighted by Crippen LogP contribution is 2.15. The van der Waals surface area contributed by atoms with Crippen LogP contribution in [0.25, 0.3) is 0 Å². The van der Waals surface area contributed by atoms with Gasteiger partial charge in [0, 0.05) is 12.2 Å². The third kappa shape index (κ3) is 1.97. The van der Waals surface area contributed by atoms with Crippen molar-refractivity contribution in [3.05, 3.63) is 29.3 Å². The number of hydrogen-bond donors (Lipinski definition) is 1. The summed E-state index contributed by atoms with van der Waals surface area (Å²) < 4.78 is 0. The second-order valence-electron chi connectivity index (χ2n) is 2.85. The van der Waals surface area contributed by atoms with Crippen molar-refractivity contribution < 1.29 is 0 Å². The van der Waals surface area contributed by atoms with E-state index in [-0.39, 0.29) is 0 Å². The van der Waals surface area contributed by atoms with E-state index >= 15 is 0 Å². The fourth-order valence-electron chi connectivity index (χ4n) is 1.12. The summed E-state index contributed by atoms with van der Waals surface area (Å²) in [6, 6.07) is 6.46. The summed E-state index contributed by atoms with van der Waals surface area (Å²) in [6.45, 7) is 7.34. The minimum Gasteiger partial charge on any atom is -0.385 e. The fourth-order valence-corrected chi connectivity index (χ4v) is 1.12. The molecule has 0 aliphatic heterocycles. The van der Waals surface area contributed by atoms with Crippen LogP contribution < -0.4 is 5.32 Å². The summed E-state index contributed by atoms with van der Waals surface area (Å²) in [6.07, 6.45) is 0. The quantitative estimate of drug-likeness (QED) is 0.681. The Hall–Kier alpha value is -0.980. The van der Waals surface area contributed by atoms with E-state index in [1.165, 1.54) is 16.8 Å². The van der Waals surface area contributed by atoms with Gasteiger partial charge in [-0.05, 0) is 38.0 Å². The van der Waals surface area contributed by atoms with Crippen molar-refractivity contribution >= 4 is 5.69 Å². The van der Waals surface area contributed by atoms with Crippen LogP contribution >= 0.6 is 0 Å². The molecule has 0 saturated heterocycles. The molecule has 0 saturated carbocycles. The van der Waals surface area contributed by atoms with Crippen molar-refractivity contribution in [2.24, 2.45) is 0 Å². The molecule has 0 unspecified atom stereocenters. The van der Waals surface area contributed by atoms with Crippen LogP contribution in [0.15, 0.2) is 18.2 Å². The highest BCUT2D eigenvalue weighted by molar-refractivity contribution is 5.52. The Morgan fingerprint density at radius 2 is 2.00 bits per heavy atom. The lowest BCUT2D eigenvalue weighted by Gasteiger charge is -2.07. The Labute approximate surface area is 68.4 Å². The van der Waals surface area contributed by atoms with Gasteiger partial charge in [0.15, 0.2) is 0 Å². The predicted octanol–water partition coefficient (Wildman–Crippen LogP) is 2.74. The van der Waals surface area contributed by atoms with E-state index in [0.29, 0.717) is 0 Å². The Morgan fingerprint density at radius 3 is 2.64 bits per heavy atom. The molecule has 0 aromatic heterocycles. The number of nitrogens with one attached hydrogen (secondary N) is 1. The third-order valence-electron chi connectivity index (χ3n) is 1.76. The molecule has 0 radical (unpaired) electrons. The van der Waals surface area contributed by atoms with E-state index in [2.05, 4.69) is 44.3 Å². The van der Waals surface area contributed by atoms with Crippen LogP contribution in [0.1, 0.15) is 18.1 Å². The van der Waals surface area contributed by atoms with Crippen LogP contribution in [0.5, 0.6) is 0 Å². The van der Waals surface area contributed by atoms with Crippen molar-refractivity contribution in [1.29, 1.82) is 0 Å². The van der Waals surface area contributed by atoms with Gasteiger partial charge in [0.2, 0.25) is 0 Å². The highest BCUT2D eigenvalue weighted by atomic mass is 14.9. The van der Waals surface area contributed by atoms with E-state index in [1.54, 1.807) is 0 Å². The fraction of sp³-hybridized carbons (Fsp3) is 0.400. The zero-order valence-corrected chi connectivity index (χ0v) is 7.44. The zero-order valence-electron chi connectivity index (χ0n) is 7.44. The average Bonchev–Trinajstić information content (AvgIpc) is 1.98. The van der Waals surface area contributed by atoms with E-state index in [0.717, 1.165) is 6.54 Å². The van der Waals surface area contributed by atoms with Gasteiger partial charge in [0.1, 0.15) is 0 Å². The van der Waals surface area contributed by atoms with Crippen molar-refractivity contribution in [2.45, 2.75) is 20.8 Å². The average molecular weight is 149 g/mol. The summed E-state index contributed by atoms with van der Waals surface area (Å²) in [7, 11) is 0. The maximum absolute atomic E-state index is 3.32. The first-order valence-electron chi connectivity index (χ1n) is 4.05. The lowest BCUT2D eigenvalue weighted by atomic mass is 10.1. The van der Waals surface area contributed by atoms with Gasteiger partial charge in [0.25, 0.3) is 0 Å². The van der Waals surface area contributed by atoms with Crippen LogP contribution in [0, 0.1) is 13.8 Å². The molecule has 11 heavy (non-hydrogen) atoms. The largest absolute Gasteiger partial charge is 0.385 e. The molecule has 1 aromatic rings. The molecule has 0 fully saturated rings. The first-order valence-corrected chi connectivity index (χ1v) is 4.05. The van der Waals surface area contributed by atoms with Gasteiger partial charge in [-0.1, -0.05) is 12.1 Å². The monoisotopic (exact) mass is 149 g/mol. The van der Waals surface area contributed by atoms with E-state index in [9.17, 15) is 0 Å². The molecule has 0 spiro atoms. The molecule has 1 N–H and O–H groups in total. The van der Waals surface area contributed by atoms with Gasteiger partial charge >= 0.3 is 0 Å². The van der Waals surface area contributed by atoms with Crippen molar-refractivity contribution in [1.82, 2.24) is 0 Å². The molecule has 0 bridgehead atoms. The predicted molar refractivity (Wildman–Crippen MR) is 50.1 cm³/mol. The molecule has 0 amide bonds. The number of anilines is 1. The molecule has 60 valence electrons. The SMILES string of the molecule is CCNc1cc(C)ccc1C. The van der Waals surface area contributed by atoms with E-state index in [4.69, 9.17) is 0 Å². The summed E-state index contributed by atoms with van der Waals surface area (Å²) in [4.78, 5) is 0. The van der Waals surface area contributed by atoms with Crippen LogP contribution in [-0.2, 0) is 0 Å². The van der Waals surface area contributed by atoms with Crippen molar-refractivity contribution in [2.75, 3.05) is 11.9 Å². The Balaban J connectivity index is 2.93. The molecule has 1 rings (SSSR count). The molecule has 1 heteroatoms. The number of benzene rings is 1. The third-order valence-corrected chi connectivity index (χ3v) is 1.76. The van der Waals surface area contributed by atoms with E-state index in [1.807, 2.05) is 0 Å². The second kappa shape index (κ2) is 3.42. The van der Waals surface area contributed by atoms with Gasteiger partial charge in [0.05, 0.1) is 0 Å².